The largest absolute Gasteiger partial charge is 0.459 e. The van der Waals surface area contributed by atoms with Gasteiger partial charge in [-0.25, -0.2) is 0 Å². The van der Waals surface area contributed by atoms with Gasteiger partial charge in [-0.15, -0.1) is 0 Å². The van der Waals surface area contributed by atoms with E-state index in [9.17, 15) is 14.4 Å². The molecule has 0 spiro atoms. The fourth-order valence-electron chi connectivity index (χ4n) is 1.25. The number of carbonyl (C=O) groups excluding carboxylic acids is 3. The molecular formula is C11H21N3O4. The molecule has 0 saturated heterocycles. The molecule has 0 fully saturated rings. The van der Waals surface area contributed by atoms with Crippen LogP contribution in [0.25, 0.3) is 0 Å². The normalized spacial score (nSPS) is 14.6. The van der Waals surface area contributed by atoms with Gasteiger partial charge < -0.3 is 21.1 Å². The minimum Gasteiger partial charge on any atom is -0.459 e. The number of primary amides is 1. The average Bonchev–Trinajstić information content (AvgIpc) is 2.12. The fourth-order valence-corrected chi connectivity index (χ4v) is 1.25. The summed E-state index contributed by atoms with van der Waals surface area (Å²) >= 11 is 0. The van der Waals surface area contributed by atoms with Gasteiger partial charge in [0.05, 0.1) is 0 Å². The average molecular weight is 259 g/mol. The quantitative estimate of drug-likeness (QED) is 0.488. The molecule has 2 atom stereocenters. The van der Waals surface area contributed by atoms with Crippen LogP contribution in [0.3, 0.4) is 0 Å². The van der Waals surface area contributed by atoms with Crippen molar-refractivity contribution >= 4 is 17.8 Å². The van der Waals surface area contributed by atoms with Gasteiger partial charge in [0.2, 0.25) is 11.8 Å². The zero-order chi connectivity index (χ0) is 14.7. The van der Waals surface area contributed by atoms with Crippen LogP contribution in [0, 0.1) is 5.92 Å². The molecular weight excluding hydrogens is 238 g/mol. The number of likely N-dealkylation sites (N-methyl/N-ethyl adjacent to an activating group) is 1. The number of hydrogen-bond acceptors (Lipinski definition) is 5. The second kappa shape index (κ2) is 5.81. The highest BCUT2D eigenvalue weighted by molar-refractivity contribution is 6.03. The number of nitrogens with two attached hydrogens (primary N) is 2. The molecule has 18 heavy (non-hydrogen) atoms. The van der Waals surface area contributed by atoms with Gasteiger partial charge in [0.15, 0.2) is 5.92 Å². The Balaban J connectivity index is 5.04. The van der Waals surface area contributed by atoms with Crippen LogP contribution in [0.1, 0.15) is 20.8 Å². The van der Waals surface area contributed by atoms with E-state index in [0.29, 0.717) is 0 Å². The third kappa shape index (κ3) is 4.70. The summed E-state index contributed by atoms with van der Waals surface area (Å²) in [6, 6.07) is -1.34. The second-order valence-electron chi connectivity index (χ2n) is 5.17. The molecule has 0 aliphatic carbocycles. The fraction of sp³-hybridized carbons (Fsp3) is 0.727. The first-order valence-corrected chi connectivity index (χ1v) is 5.46. The number of amides is 2. The van der Waals surface area contributed by atoms with Gasteiger partial charge in [0.1, 0.15) is 11.6 Å². The molecule has 104 valence electrons. The van der Waals surface area contributed by atoms with E-state index in [1.165, 1.54) is 19.0 Å². The molecule has 2 amide bonds. The lowest BCUT2D eigenvalue weighted by Gasteiger charge is -2.26. The van der Waals surface area contributed by atoms with Crippen LogP contribution in [0.2, 0.25) is 0 Å². The van der Waals surface area contributed by atoms with Gasteiger partial charge in [0.25, 0.3) is 0 Å². The molecule has 0 aliphatic rings. The molecule has 4 N–H and O–H groups in total. The van der Waals surface area contributed by atoms with E-state index in [0.717, 1.165) is 0 Å². The molecule has 0 radical (unpaired) electrons. The molecule has 1 unspecified atom stereocenters. The smallest absolute Gasteiger partial charge is 0.321 e. The third-order valence-electron chi connectivity index (χ3n) is 2.05. The minimum absolute atomic E-state index is 0.565. The van der Waals surface area contributed by atoms with E-state index in [4.69, 9.17) is 16.2 Å². The Hall–Kier alpha value is -1.63. The zero-order valence-corrected chi connectivity index (χ0v) is 11.4. The Bertz CT molecular complexity index is 347. The van der Waals surface area contributed by atoms with Crippen molar-refractivity contribution in [2.45, 2.75) is 32.4 Å². The van der Waals surface area contributed by atoms with Crippen LogP contribution in [0.5, 0.6) is 0 Å². The van der Waals surface area contributed by atoms with Crippen molar-refractivity contribution < 1.29 is 19.1 Å². The van der Waals surface area contributed by atoms with Gasteiger partial charge in [-0.05, 0) is 20.8 Å². The van der Waals surface area contributed by atoms with Crippen molar-refractivity contribution in [3.63, 3.8) is 0 Å². The van der Waals surface area contributed by atoms with Crippen molar-refractivity contribution in [2.24, 2.45) is 17.4 Å². The van der Waals surface area contributed by atoms with Crippen molar-refractivity contribution in [2.75, 3.05) is 14.1 Å². The summed E-state index contributed by atoms with van der Waals surface area (Å²) in [5.41, 5.74) is 9.91. The van der Waals surface area contributed by atoms with Crippen LogP contribution in [-0.4, -0.2) is 48.4 Å². The summed E-state index contributed by atoms with van der Waals surface area (Å²) in [4.78, 5) is 35.9. The van der Waals surface area contributed by atoms with Gasteiger partial charge in [-0.2, -0.15) is 0 Å². The van der Waals surface area contributed by atoms with E-state index in [1.54, 1.807) is 20.8 Å². The standard InChI is InChI=1S/C11H21N3O4/c1-11(2,3)18-10(17)6(8(13)15)7(12)9(16)14(4)5/h6-7H,12H2,1-5H3,(H2,13,15)/t6?,7-/m1/s1. The van der Waals surface area contributed by atoms with E-state index in [1.807, 2.05) is 0 Å². The number of carbonyl (C=O) groups is 3. The topological polar surface area (TPSA) is 116 Å². The second-order valence-corrected chi connectivity index (χ2v) is 5.17. The summed E-state index contributed by atoms with van der Waals surface area (Å²) in [5, 5.41) is 0. The summed E-state index contributed by atoms with van der Waals surface area (Å²) in [6.45, 7) is 4.92. The third-order valence-corrected chi connectivity index (χ3v) is 2.05. The Morgan fingerprint density at radius 3 is 1.89 bits per heavy atom. The number of rotatable bonds is 4. The molecule has 0 aliphatic heterocycles. The van der Waals surface area contributed by atoms with E-state index in [2.05, 4.69) is 0 Å². The van der Waals surface area contributed by atoms with Crippen LogP contribution in [0.15, 0.2) is 0 Å². The van der Waals surface area contributed by atoms with Gasteiger partial charge in [0, 0.05) is 14.1 Å². The lowest BCUT2D eigenvalue weighted by Crippen LogP contribution is -2.53. The molecule has 0 aromatic heterocycles. The van der Waals surface area contributed by atoms with Crippen LogP contribution in [-0.2, 0) is 19.1 Å². The minimum atomic E-state index is -1.49. The number of nitrogens with zero attached hydrogens (tertiary/aromatic N) is 1. The highest BCUT2D eigenvalue weighted by atomic mass is 16.6. The molecule has 7 heteroatoms. The van der Waals surface area contributed by atoms with Crippen LogP contribution < -0.4 is 11.5 Å². The molecule has 0 aromatic rings. The maximum Gasteiger partial charge on any atom is 0.321 e. The zero-order valence-electron chi connectivity index (χ0n) is 11.4. The highest BCUT2D eigenvalue weighted by Gasteiger charge is 2.39. The first kappa shape index (κ1) is 16.4. The maximum absolute atomic E-state index is 11.8. The molecule has 0 bridgehead atoms. The van der Waals surface area contributed by atoms with Gasteiger partial charge >= 0.3 is 5.97 Å². The Kier molecular flexibility index (Phi) is 5.29. The summed E-state index contributed by atoms with van der Waals surface area (Å²) in [7, 11) is 2.94. The van der Waals surface area contributed by atoms with Crippen molar-refractivity contribution in [3.8, 4) is 0 Å². The number of esters is 1. The van der Waals surface area contributed by atoms with Gasteiger partial charge in [-0.3, -0.25) is 14.4 Å². The lowest BCUT2D eigenvalue weighted by molar-refractivity contribution is -0.164. The summed E-state index contributed by atoms with van der Waals surface area (Å²) in [6.07, 6.45) is 0. The van der Waals surface area contributed by atoms with Crippen molar-refractivity contribution in [3.05, 3.63) is 0 Å². The molecule has 0 rings (SSSR count). The monoisotopic (exact) mass is 259 g/mol. The van der Waals surface area contributed by atoms with Gasteiger partial charge in [-0.1, -0.05) is 0 Å². The Morgan fingerprint density at radius 2 is 1.61 bits per heavy atom. The predicted molar refractivity (Wildman–Crippen MR) is 65.2 cm³/mol. The van der Waals surface area contributed by atoms with E-state index < -0.39 is 35.3 Å². The first-order chi connectivity index (χ1) is 7.97. The molecule has 0 heterocycles. The van der Waals surface area contributed by atoms with Crippen LogP contribution in [0.4, 0.5) is 0 Å². The molecule has 0 aromatic carbocycles. The van der Waals surface area contributed by atoms with Crippen molar-refractivity contribution in [1.29, 1.82) is 0 Å². The van der Waals surface area contributed by atoms with Crippen LogP contribution >= 0.6 is 0 Å². The van der Waals surface area contributed by atoms with E-state index in [-0.39, 0.29) is 0 Å². The van der Waals surface area contributed by atoms with E-state index >= 15 is 0 Å². The summed E-state index contributed by atoms with van der Waals surface area (Å²) in [5.74, 6) is -3.92. The lowest BCUT2D eigenvalue weighted by atomic mass is 9.98. The number of ether oxygens (including phenoxy) is 1. The SMILES string of the molecule is CN(C)C(=O)[C@H](N)C(C(N)=O)C(=O)OC(C)(C)C. The Labute approximate surface area is 106 Å². The maximum atomic E-state index is 11.8. The number of hydrogen-bond donors (Lipinski definition) is 2. The molecule has 7 nitrogen and oxygen atoms in total. The molecule has 0 saturated carbocycles. The summed E-state index contributed by atoms with van der Waals surface area (Å²) < 4.78 is 5.02. The first-order valence-electron chi connectivity index (χ1n) is 5.46. The predicted octanol–water partition coefficient (Wildman–Crippen LogP) is -1.15. The Morgan fingerprint density at radius 1 is 1.17 bits per heavy atom. The highest BCUT2D eigenvalue weighted by Crippen LogP contribution is 2.14. The van der Waals surface area contributed by atoms with Crippen molar-refractivity contribution in [1.82, 2.24) is 4.90 Å².